The van der Waals surface area contributed by atoms with E-state index in [2.05, 4.69) is 52.9 Å². The SMILES string of the molecule is CC1(C)Cc2cccc(CN3CCC4(CC3)CCN(C(=O)c3cccc5cc[nH]c35)CC4)c2O1. The molecule has 2 aromatic carbocycles. The van der Waals surface area contributed by atoms with Crippen molar-refractivity contribution in [2.45, 2.75) is 58.1 Å². The van der Waals surface area contributed by atoms with Gasteiger partial charge < -0.3 is 14.6 Å². The van der Waals surface area contributed by atoms with Crippen LogP contribution in [0.4, 0.5) is 0 Å². The molecule has 5 nitrogen and oxygen atoms in total. The van der Waals surface area contributed by atoms with Crippen LogP contribution < -0.4 is 4.74 Å². The lowest BCUT2D eigenvalue weighted by Gasteiger charge is -2.47. The highest BCUT2D eigenvalue weighted by atomic mass is 16.5. The van der Waals surface area contributed by atoms with Crippen LogP contribution in [0.2, 0.25) is 0 Å². The molecular weight excluding hydrogens is 422 g/mol. The number of fused-ring (bicyclic) bond motifs is 2. The Kier molecular flexibility index (Phi) is 5.21. The standard InChI is InChI=1S/C29H35N3O2/c1-28(2)19-22-6-3-7-23(26(22)34-28)20-31-15-10-29(11-16-31)12-17-32(18-13-29)27(33)24-8-4-5-21-9-14-30-25(21)24/h3-9,14,30H,10-13,15-20H2,1-2H3. The number of amides is 1. The van der Waals surface area contributed by atoms with E-state index in [4.69, 9.17) is 4.74 Å². The van der Waals surface area contributed by atoms with Crippen LogP contribution in [0.25, 0.3) is 10.9 Å². The van der Waals surface area contributed by atoms with Crippen molar-refractivity contribution in [3.8, 4) is 5.75 Å². The van der Waals surface area contributed by atoms with Crippen molar-refractivity contribution in [3.05, 3.63) is 65.4 Å². The Hall–Kier alpha value is -2.79. The molecule has 0 atom stereocenters. The van der Waals surface area contributed by atoms with Gasteiger partial charge in [0.15, 0.2) is 0 Å². The number of para-hydroxylation sites is 2. The Bertz CT molecular complexity index is 1210. The molecule has 1 spiro atoms. The predicted molar refractivity (Wildman–Crippen MR) is 135 cm³/mol. The number of hydrogen-bond donors (Lipinski definition) is 1. The van der Waals surface area contributed by atoms with Crippen LogP contribution >= 0.6 is 0 Å². The maximum Gasteiger partial charge on any atom is 0.255 e. The quantitative estimate of drug-likeness (QED) is 0.573. The van der Waals surface area contributed by atoms with Crippen LogP contribution in [0.1, 0.15) is 61.0 Å². The molecule has 2 fully saturated rings. The second-order valence-electron chi connectivity index (χ2n) is 11.3. The number of hydrogen-bond acceptors (Lipinski definition) is 3. The first-order chi connectivity index (χ1) is 16.4. The van der Waals surface area contributed by atoms with E-state index in [0.717, 1.165) is 74.2 Å². The summed E-state index contributed by atoms with van der Waals surface area (Å²) in [5.41, 5.74) is 4.74. The second-order valence-corrected chi connectivity index (χ2v) is 11.3. The van der Waals surface area contributed by atoms with Crippen LogP contribution in [0.3, 0.4) is 0 Å². The molecule has 3 aliphatic rings. The monoisotopic (exact) mass is 457 g/mol. The Morgan fingerprint density at radius 3 is 2.50 bits per heavy atom. The summed E-state index contributed by atoms with van der Waals surface area (Å²) in [6, 6.07) is 14.7. The highest BCUT2D eigenvalue weighted by Gasteiger charge is 2.39. The van der Waals surface area contributed by atoms with E-state index in [1.54, 1.807) is 0 Å². The number of H-pyrrole nitrogens is 1. The Labute approximate surface area is 202 Å². The molecule has 0 unspecified atom stereocenters. The fraction of sp³-hybridized carbons (Fsp3) is 0.483. The summed E-state index contributed by atoms with van der Waals surface area (Å²) >= 11 is 0. The molecule has 1 amide bonds. The number of rotatable bonds is 3. The number of aromatic amines is 1. The summed E-state index contributed by atoms with van der Waals surface area (Å²) in [5.74, 6) is 1.29. The van der Waals surface area contributed by atoms with Gasteiger partial charge in [-0.15, -0.1) is 0 Å². The topological polar surface area (TPSA) is 48.6 Å². The van der Waals surface area contributed by atoms with Gasteiger partial charge in [0.05, 0.1) is 11.1 Å². The van der Waals surface area contributed by atoms with Gasteiger partial charge in [-0.3, -0.25) is 9.69 Å². The number of ether oxygens (including phenoxy) is 1. The number of nitrogens with one attached hydrogen (secondary N) is 1. The maximum atomic E-state index is 13.3. The fourth-order valence-corrected chi connectivity index (χ4v) is 6.35. The van der Waals surface area contributed by atoms with Gasteiger partial charge in [-0.1, -0.05) is 30.3 Å². The van der Waals surface area contributed by atoms with Gasteiger partial charge >= 0.3 is 0 Å². The summed E-state index contributed by atoms with van der Waals surface area (Å²) < 4.78 is 6.30. The first-order valence-corrected chi connectivity index (χ1v) is 12.8. The van der Waals surface area contributed by atoms with E-state index in [1.807, 2.05) is 24.4 Å². The van der Waals surface area contributed by atoms with Crippen LogP contribution in [0.5, 0.6) is 5.75 Å². The molecule has 4 heterocycles. The number of nitrogens with zero attached hydrogens (tertiary/aromatic N) is 2. The number of benzene rings is 2. The predicted octanol–water partition coefficient (Wildman–Crippen LogP) is 5.40. The third-order valence-electron chi connectivity index (χ3n) is 8.41. The van der Waals surface area contributed by atoms with Gasteiger partial charge in [0.2, 0.25) is 0 Å². The Morgan fingerprint density at radius 2 is 1.71 bits per heavy atom. The average Bonchev–Trinajstić information content (AvgIpc) is 3.44. The highest BCUT2D eigenvalue weighted by Crippen LogP contribution is 2.43. The lowest BCUT2D eigenvalue weighted by Crippen LogP contribution is -2.48. The molecule has 6 rings (SSSR count). The van der Waals surface area contributed by atoms with Crippen LogP contribution in [-0.2, 0) is 13.0 Å². The number of carbonyl (C=O) groups is 1. The zero-order chi connectivity index (χ0) is 23.3. The van der Waals surface area contributed by atoms with Crippen molar-refractivity contribution in [2.75, 3.05) is 26.2 Å². The Morgan fingerprint density at radius 1 is 0.971 bits per heavy atom. The van der Waals surface area contributed by atoms with Gasteiger partial charge in [-0.05, 0) is 75.7 Å². The molecular formula is C29H35N3O2. The van der Waals surface area contributed by atoms with Crippen LogP contribution in [-0.4, -0.2) is 52.5 Å². The van der Waals surface area contributed by atoms with Gasteiger partial charge in [-0.25, -0.2) is 0 Å². The minimum absolute atomic E-state index is 0.0950. The smallest absolute Gasteiger partial charge is 0.255 e. The molecule has 5 heteroatoms. The number of likely N-dealkylation sites (tertiary alicyclic amines) is 2. The number of piperidine rings is 2. The number of carbonyl (C=O) groups excluding carboxylic acids is 1. The van der Waals surface area contributed by atoms with E-state index in [0.29, 0.717) is 5.41 Å². The van der Waals surface area contributed by atoms with Gasteiger partial charge in [0.25, 0.3) is 5.91 Å². The average molecular weight is 458 g/mol. The summed E-state index contributed by atoms with van der Waals surface area (Å²) in [4.78, 5) is 21.2. The summed E-state index contributed by atoms with van der Waals surface area (Å²) in [6.07, 6.45) is 7.59. The van der Waals surface area contributed by atoms with Crippen molar-refractivity contribution in [1.82, 2.24) is 14.8 Å². The number of aromatic nitrogens is 1. The lowest BCUT2D eigenvalue weighted by atomic mass is 9.71. The molecule has 34 heavy (non-hydrogen) atoms. The highest BCUT2D eigenvalue weighted by molar-refractivity contribution is 6.05. The first-order valence-electron chi connectivity index (χ1n) is 12.8. The molecule has 0 bridgehead atoms. The van der Waals surface area contributed by atoms with Crippen molar-refractivity contribution in [1.29, 1.82) is 0 Å². The normalized spacial score (nSPS) is 21.5. The molecule has 1 aromatic heterocycles. The first kappa shape index (κ1) is 21.7. The zero-order valence-electron chi connectivity index (χ0n) is 20.4. The molecule has 3 aromatic rings. The third-order valence-corrected chi connectivity index (χ3v) is 8.41. The van der Waals surface area contributed by atoms with Crippen molar-refractivity contribution < 1.29 is 9.53 Å². The summed E-state index contributed by atoms with van der Waals surface area (Å²) in [6.45, 7) is 9.32. The third kappa shape index (κ3) is 3.90. The van der Waals surface area contributed by atoms with Gasteiger partial charge in [0.1, 0.15) is 11.4 Å². The molecule has 178 valence electrons. The van der Waals surface area contributed by atoms with Crippen LogP contribution in [0, 0.1) is 5.41 Å². The van der Waals surface area contributed by atoms with E-state index in [-0.39, 0.29) is 11.5 Å². The molecule has 1 N–H and O–H groups in total. The maximum absolute atomic E-state index is 13.3. The molecule has 0 radical (unpaired) electrons. The largest absolute Gasteiger partial charge is 0.487 e. The van der Waals surface area contributed by atoms with E-state index < -0.39 is 0 Å². The molecule has 0 saturated carbocycles. The minimum atomic E-state index is -0.0950. The fourth-order valence-electron chi connectivity index (χ4n) is 6.35. The summed E-state index contributed by atoms with van der Waals surface area (Å²) in [7, 11) is 0. The minimum Gasteiger partial charge on any atom is -0.487 e. The van der Waals surface area contributed by atoms with Gasteiger partial charge in [-0.2, -0.15) is 0 Å². The molecule has 3 aliphatic heterocycles. The molecule has 0 aliphatic carbocycles. The van der Waals surface area contributed by atoms with Crippen molar-refractivity contribution >= 4 is 16.8 Å². The molecule has 2 saturated heterocycles. The van der Waals surface area contributed by atoms with Gasteiger partial charge in [0, 0.05) is 43.2 Å². The Balaban J connectivity index is 1.06. The van der Waals surface area contributed by atoms with E-state index in [1.165, 1.54) is 24.0 Å². The second kappa shape index (κ2) is 8.16. The van der Waals surface area contributed by atoms with Crippen LogP contribution in [0.15, 0.2) is 48.7 Å². The summed E-state index contributed by atoms with van der Waals surface area (Å²) in [5, 5.41) is 1.10. The van der Waals surface area contributed by atoms with E-state index >= 15 is 0 Å². The van der Waals surface area contributed by atoms with Crippen molar-refractivity contribution in [3.63, 3.8) is 0 Å². The van der Waals surface area contributed by atoms with Crippen molar-refractivity contribution in [2.24, 2.45) is 5.41 Å². The zero-order valence-corrected chi connectivity index (χ0v) is 20.4. The lowest BCUT2D eigenvalue weighted by molar-refractivity contribution is 0.0283. The van der Waals surface area contributed by atoms with E-state index in [9.17, 15) is 4.79 Å².